The molecular weight excluding hydrogens is 430 g/mol. The zero-order valence-corrected chi connectivity index (χ0v) is 20.3. The van der Waals surface area contributed by atoms with Crippen LogP contribution in [0.25, 0.3) is 0 Å². The molecular formula is C23H35N3O7. The number of methoxy groups -OCH3 is 3. The molecule has 3 amide bonds. The quantitative estimate of drug-likeness (QED) is 0.674. The molecule has 2 rings (SSSR count). The van der Waals surface area contributed by atoms with Crippen molar-refractivity contribution >= 4 is 23.4 Å². The Labute approximate surface area is 195 Å². The fourth-order valence-corrected chi connectivity index (χ4v) is 3.74. The zero-order valence-electron chi connectivity index (χ0n) is 20.3. The van der Waals surface area contributed by atoms with Crippen LogP contribution in [0.4, 0.5) is 5.69 Å². The molecule has 0 saturated heterocycles. The Morgan fingerprint density at radius 1 is 1.12 bits per heavy atom. The molecule has 1 N–H and O–H groups in total. The van der Waals surface area contributed by atoms with Crippen LogP contribution in [0.3, 0.4) is 0 Å². The molecule has 0 fully saturated rings. The Bertz CT molecular complexity index is 832. The van der Waals surface area contributed by atoms with Gasteiger partial charge in [-0.2, -0.15) is 0 Å². The van der Waals surface area contributed by atoms with Gasteiger partial charge in [0.1, 0.15) is 25.6 Å². The summed E-state index contributed by atoms with van der Waals surface area (Å²) in [5, 5.41) is 2.70. The summed E-state index contributed by atoms with van der Waals surface area (Å²) >= 11 is 0. The Morgan fingerprint density at radius 3 is 2.45 bits per heavy atom. The van der Waals surface area contributed by atoms with Crippen LogP contribution in [-0.4, -0.2) is 101 Å². The Morgan fingerprint density at radius 2 is 1.82 bits per heavy atom. The van der Waals surface area contributed by atoms with E-state index in [0.717, 1.165) is 0 Å². The van der Waals surface area contributed by atoms with Gasteiger partial charge >= 0.3 is 0 Å². The minimum absolute atomic E-state index is 0.0335. The number of nitrogens with zero attached hydrogens (tertiary/aromatic N) is 2. The smallest absolute Gasteiger partial charge is 0.257 e. The van der Waals surface area contributed by atoms with Crippen molar-refractivity contribution in [2.75, 3.05) is 66.6 Å². The average Bonchev–Trinajstić information content (AvgIpc) is 2.78. The third-order valence-corrected chi connectivity index (χ3v) is 5.59. The van der Waals surface area contributed by atoms with E-state index in [0.29, 0.717) is 30.1 Å². The van der Waals surface area contributed by atoms with Crippen LogP contribution in [0.1, 0.15) is 24.2 Å². The van der Waals surface area contributed by atoms with Gasteiger partial charge in [0.05, 0.1) is 17.7 Å². The predicted octanol–water partition coefficient (Wildman–Crippen LogP) is 1.25. The number of ether oxygens (including phenoxy) is 4. The van der Waals surface area contributed by atoms with Crippen LogP contribution in [0.5, 0.6) is 5.75 Å². The van der Waals surface area contributed by atoms with Crippen molar-refractivity contribution in [3.8, 4) is 5.75 Å². The van der Waals surface area contributed by atoms with E-state index in [-0.39, 0.29) is 55.6 Å². The van der Waals surface area contributed by atoms with Crippen molar-refractivity contribution < 1.29 is 33.3 Å². The summed E-state index contributed by atoms with van der Waals surface area (Å²) in [4.78, 5) is 41.2. The Balaban J connectivity index is 2.42. The SMILES string of the molecule is COCC(=O)Nc1ccc2c(c1)C(=O)N(C)C[C@H](OC)[C@@H](C)CN(C(=O)COC)[C@@H](C)CO2. The summed E-state index contributed by atoms with van der Waals surface area (Å²) in [7, 11) is 6.19. The largest absolute Gasteiger partial charge is 0.491 e. The highest BCUT2D eigenvalue weighted by atomic mass is 16.5. The lowest BCUT2D eigenvalue weighted by Crippen LogP contribution is -2.49. The van der Waals surface area contributed by atoms with E-state index in [1.165, 1.54) is 14.2 Å². The second kappa shape index (κ2) is 12.5. The van der Waals surface area contributed by atoms with Gasteiger partial charge in [-0.3, -0.25) is 14.4 Å². The van der Waals surface area contributed by atoms with E-state index < -0.39 is 0 Å². The summed E-state index contributed by atoms with van der Waals surface area (Å²) in [6.07, 6.45) is -0.294. The van der Waals surface area contributed by atoms with Gasteiger partial charge in [-0.1, -0.05) is 6.92 Å². The fourth-order valence-electron chi connectivity index (χ4n) is 3.74. The van der Waals surface area contributed by atoms with Gasteiger partial charge < -0.3 is 34.1 Å². The summed E-state index contributed by atoms with van der Waals surface area (Å²) in [5.41, 5.74) is 0.757. The molecule has 184 valence electrons. The van der Waals surface area contributed by atoms with Crippen molar-refractivity contribution in [2.24, 2.45) is 5.92 Å². The first-order valence-electron chi connectivity index (χ1n) is 10.8. The molecule has 0 unspecified atom stereocenters. The van der Waals surface area contributed by atoms with Gasteiger partial charge in [-0.05, 0) is 25.1 Å². The minimum atomic E-state index is -0.332. The van der Waals surface area contributed by atoms with E-state index >= 15 is 0 Å². The number of amides is 3. The van der Waals surface area contributed by atoms with E-state index in [1.807, 2.05) is 13.8 Å². The molecule has 1 aliphatic rings. The summed E-state index contributed by atoms with van der Waals surface area (Å²) in [6, 6.07) is 4.61. The molecule has 0 spiro atoms. The van der Waals surface area contributed by atoms with Crippen LogP contribution in [0.15, 0.2) is 18.2 Å². The minimum Gasteiger partial charge on any atom is -0.491 e. The van der Waals surface area contributed by atoms with Crippen molar-refractivity contribution in [3.63, 3.8) is 0 Å². The van der Waals surface area contributed by atoms with Crippen molar-refractivity contribution in [1.29, 1.82) is 0 Å². The molecule has 0 aromatic heterocycles. The van der Waals surface area contributed by atoms with Gasteiger partial charge in [0.25, 0.3) is 5.91 Å². The maximum Gasteiger partial charge on any atom is 0.257 e. The molecule has 3 atom stereocenters. The molecule has 10 heteroatoms. The molecule has 0 radical (unpaired) electrons. The number of fused-ring (bicyclic) bond motifs is 1. The lowest BCUT2D eigenvalue weighted by molar-refractivity contribution is -0.139. The molecule has 1 aliphatic heterocycles. The van der Waals surface area contributed by atoms with E-state index in [9.17, 15) is 14.4 Å². The highest BCUT2D eigenvalue weighted by Gasteiger charge is 2.30. The first-order valence-corrected chi connectivity index (χ1v) is 10.8. The van der Waals surface area contributed by atoms with E-state index in [4.69, 9.17) is 18.9 Å². The molecule has 10 nitrogen and oxygen atoms in total. The third kappa shape index (κ3) is 7.15. The molecule has 1 aromatic rings. The number of rotatable bonds is 6. The third-order valence-electron chi connectivity index (χ3n) is 5.59. The van der Waals surface area contributed by atoms with Crippen molar-refractivity contribution in [2.45, 2.75) is 26.0 Å². The summed E-state index contributed by atoms with van der Waals surface area (Å²) in [5.74, 6) is -0.422. The van der Waals surface area contributed by atoms with Crippen molar-refractivity contribution in [1.82, 2.24) is 9.80 Å². The number of carbonyl (C=O) groups is 3. The zero-order chi connectivity index (χ0) is 24.5. The molecule has 0 saturated carbocycles. The van der Waals surface area contributed by atoms with Crippen molar-refractivity contribution in [3.05, 3.63) is 23.8 Å². The number of carbonyl (C=O) groups excluding carboxylic acids is 3. The number of hydrogen-bond donors (Lipinski definition) is 1. The summed E-state index contributed by atoms with van der Waals surface area (Å²) in [6.45, 7) is 4.67. The molecule has 33 heavy (non-hydrogen) atoms. The first kappa shape index (κ1) is 26.6. The second-order valence-corrected chi connectivity index (χ2v) is 8.27. The maximum atomic E-state index is 13.3. The van der Waals surface area contributed by atoms with Crippen LogP contribution >= 0.6 is 0 Å². The van der Waals surface area contributed by atoms with Gasteiger partial charge in [-0.15, -0.1) is 0 Å². The molecule has 0 bridgehead atoms. The Kier molecular flexibility index (Phi) is 10.1. The average molecular weight is 466 g/mol. The maximum absolute atomic E-state index is 13.3. The number of benzene rings is 1. The summed E-state index contributed by atoms with van der Waals surface area (Å²) < 4.78 is 21.6. The van der Waals surface area contributed by atoms with Gasteiger partial charge in [0.15, 0.2) is 0 Å². The second-order valence-electron chi connectivity index (χ2n) is 8.27. The van der Waals surface area contributed by atoms with E-state index in [2.05, 4.69) is 5.32 Å². The molecule has 1 heterocycles. The lowest BCUT2D eigenvalue weighted by Gasteiger charge is -2.36. The standard InChI is InChI=1S/C23H35N3O7/c1-15-10-26(22(28)14-31-5)16(2)12-33-19-8-7-17(24-21(27)13-30-4)9-18(19)23(29)25(3)11-20(15)32-6/h7-9,15-16,20H,10-14H2,1-6H3,(H,24,27)/t15-,16-,20-/m0/s1. The lowest BCUT2D eigenvalue weighted by atomic mass is 10.0. The van der Waals surface area contributed by atoms with Crippen LogP contribution in [0.2, 0.25) is 0 Å². The van der Waals surface area contributed by atoms with Crippen LogP contribution in [-0.2, 0) is 23.8 Å². The predicted molar refractivity (Wildman–Crippen MR) is 122 cm³/mol. The highest BCUT2D eigenvalue weighted by molar-refractivity contribution is 5.99. The number of hydrogen-bond acceptors (Lipinski definition) is 7. The van der Waals surface area contributed by atoms with E-state index in [1.54, 1.807) is 42.2 Å². The first-order chi connectivity index (χ1) is 15.7. The number of anilines is 1. The van der Waals surface area contributed by atoms with Crippen LogP contribution in [0, 0.1) is 5.92 Å². The topological polar surface area (TPSA) is 107 Å². The number of likely N-dealkylation sites (N-methyl/N-ethyl adjacent to an activating group) is 1. The molecule has 0 aliphatic carbocycles. The monoisotopic (exact) mass is 465 g/mol. The number of nitrogens with one attached hydrogen (secondary N) is 1. The van der Waals surface area contributed by atoms with Gasteiger partial charge in [0, 0.05) is 53.1 Å². The Hall–Kier alpha value is -2.69. The van der Waals surface area contributed by atoms with Gasteiger partial charge in [0.2, 0.25) is 11.8 Å². The highest BCUT2D eigenvalue weighted by Crippen LogP contribution is 2.26. The normalized spacial score (nSPS) is 22.0. The van der Waals surface area contributed by atoms with Crippen LogP contribution < -0.4 is 10.1 Å². The molecule has 1 aromatic carbocycles. The fraction of sp³-hybridized carbons (Fsp3) is 0.609. The van der Waals surface area contributed by atoms with Gasteiger partial charge in [-0.25, -0.2) is 0 Å².